The smallest absolute Gasteiger partial charge is 0.313 e. The average molecular weight is 754 g/mol. The third-order valence-corrected chi connectivity index (χ3v) is 10.6. The molecule has 1 amide bonds. The lowest BCUT2D eigenvalue weighted by Gasteiger charge is -2.37. The second kappa shape index (κ2) is 16.7. The molecule has 14 nitrogen and oxygen atoms in total. The van der Waals surface area contributed by atoms with Gasteiger partial charge in [-0.15, -0.1) is 0 Å². The fourth-order valence-corrected chi connectivity index (χ4v) is 7.22. The van der Waals surface area contributed by atoms with Crippen LogP contribution in [0.1, 0.15) is 76.9 Å². The number of Topliss-reactive ketones (excluding diaryl/α,β-unsaturated/α-hetero) is 1. The molecule has 14 heteroatoms. The maximum atomic E-state index is 14.0. The van der Waals surface area contributed by atoms with Crippen molar-refractivity contribution in [1.82, 2.24) is 0 Å². The first-order valence-electron chi connectivity index (χ1n) is 17.8. The number of rotatable bonds is 2. The first-order chi connectivity index (χ1) is 25.3. The van der Waals surface area contributed by atoms with Gasteiger partial charge in [-0.3, -0.25) is 19.2 Å². The number of allylic oxidation sites excluding steroid dienone is 5. The number of phenols is 1. The number of ketones is 1. The van der Waals surface area contributed by atoms with Crippen molar-refractivity contribution < 1.29 is 63.7 Å². The summed E-state index contributed by atoms with van der Waals surface area (Å²) in [6.07, 6.45) is 0.456. The minimum Gasteiger partial charge on any atom is -0.505 e. The Hall–Kier alpha value is -4.76. The molecular weight excluding hydrogens is 702 g/mol. The van der Waals surface area contributed by atoms with Gasteiger partial charge in [-0.05, 0) is 33.3 Å². The molecule has 0 fully saturated rings. The molecule has 0 spiro atoms. The number of phenolic OH excluding ortho intramolecular Hbond substituents is 1. The van der Waals surface area contributed by atoms with E-state index < -0.39 is 83.4 Å². The van der Waals surface area contributed by atoms with Gasteiger partial charge in [-0.25, -0.2) is 0 Å². The van der Waals surface area contributed by atoms with Crippen molar-refractivity contribution in [2.75, 3.05) is 19.2 Å². The van der Waals surface area contributed by atoms with Crippen LogP contribution in [-0.2, 0) is 28.6 Å². The second-order valence-corrected chi connectivity index (χ2v) is 14.4. The zero-order valence-electron chi connectivity index (χ0n) is 32.2. The van der Waals surface area contributed by atoms with Crippen molar-refractivity contribution in [2.24, 2.45) is 29.6 Å². The van der Waals surface area contributed by atoms with Crippen molar-refractivity contribution in [3.8, 4) is 11.5 Å². The van der Waals surface area contributed by atoms with Crippen LogP contribution in [0.3, 0.4) is 0 Å². The highest BCUT2D eigenvalue weighted by molar-refractivity contribution is 6.21. The van der Waals surface area contributed by atoms with Crippen LogP contribution in [0.4, 0.5) is 5.69 Å². The molecule has 9 atom stereocenters. The van der Waals surface area contributed by atoms with Crippen molar-refractivity contribution in [3.05, 3.63) is 69.2 Å². The van der Waals surface area contributed by atoms with Gasteiger partial charge in [0.1, 0.15) is 23.2 Å². The van der Waals surface area contributed by atoms with E-state index in [1.165, 1.54) is 46.8 Å². The standard InChI is InChI=1S/C40H51NO13/c1-16-12-11-13-17(2)39(49)41-29-20(5)38(54-24(9)42)25-26(35(29)48)34(47)23(8)37-27(25)36(52-15-53-37)19(4)14-18(3)31(44)22(7)33(46)28(40(50)51-10)32(45)21(6)30(16)43/h11-14,16,18,21-22,28,30-33,43-46,48H,15H2,1-10H3,(H,41,49)/b12-11-,17-13+,19-14+/t16-,18+,21-,22-,28-,30?,31+,32-,33-/m1/s1. The molecule has 1 aliphatic carbocycles. The molecule has 3 aliphatic heterocycles. The molecular formula is C40H51NO13. The Morgan fingerprint density at radius 2 is 1.41 bits per heavy atom. The number of aliphatic hydroxyl groups is 4. The van der Waals surface area contributed by atoms with E-state index in [0.29, 0.717) is 5.57 Å². The number of aliphatic hydroxyl groups excluding tert-OH is 4. The molecule has 294 valence electrons. The molecule has 54 heavy (non-hydrogen) atoms. The largest absolute Gasteiger partial charge is 0.505 e. The van der Waals surface area contributed by atoms with Crippen LogP contribution in [0.5, 0.6) is 11.5 Å². The normalized spacial score (nSPS) is 32.3. The fourth-order valence-electron chi connectivity index (χ4n) is 7.22. The number of hydrogen-bond donors (Lipinski definition) is 6. The predicted octanol–water partition coefficient (Wildman–Crippen LogP) is 3.99. The summed E-state index contributed by atoms with van der Waals surface area (Å²) in [6.45, 7) is 13.4. The number of anilines is 1. The molecule has 1 aromatic carbocycles. The highest BCUT2D eigenvalue weighted by Crippen LogP contribution is 2.53. The molecule has 5 rings (SSSR count). The van der Waals surface area contributed by atoms with E-state index in [1.807, 2.05) is 0 Å². The molecule has 0 saturated carbocycles. The number of hydrogen-bond acceptors (Lipinski definition) is 13. The average Bonchev–Trinajstić information content (AvgIpc) is 3.13. The van der Waals surface area contributed by atoms with Crippen LogP contribution >= 0.6 is 0 Å². The van der Waals surface area contributed by atoms with E-state index in [2.05, 4.69) is 5.32 Å². The topological polar surface area (TPSA) is 218 Å². The Morgan fingerprint density at radius 1 is 0.833 bits per heavy atom. The summed E-state index contributed by atoms with van der Waals surface area (Å²) in [5, 5.41) is 60.0. The number of esters is 2. The summed E-state index contributed by atoms with van der Waals surface area (Å²) in [5.74, 6) is -8.30. The number of methoxy groups -OCH3 is 1. The maximum absolute atomic E-state index is 14.0. The van der Waals surface area contributed by atoms with Crippen LogP contribution in [-0.4, -0.2) is 87.5 Å². The van der Waals surface area contributed by atoms with Gasteiger partial charge >= 0.3 is 11.9 Å². The zero-order valence-corrected chi connectivity index (χ0v) is 32.2. The number of benzene rings is 1. The van der Waals surface area contributed by atoms with E-state index in [0.717, 1.165) is 14.0 Å². The molecule has 0 radical (unpaired) electrons. The number of carbonyl (C=O) groups is 4. The van der Waals surface area contributed by atoms with E-state index in [-0.39, 0.29) is 63.2 Å². The summed E-state index contributed by atoms with van der Waals surface area (Å²) in [5.41, 5.74) is 0.550. The quantitative estimate of drug-likeness (QED) is 0.143. The third-order valence-electron chi connectivity index (χ3n) is 10.6. The summed E-state index contributed by atoms with van der Waals surface area (Å²) in [6, 6.07) is 0. The van der Waals surface area contributed by atoms with Crippen molar-refractivity contribution in [2.45, 2.75) is 86.7 Å². The van der Waals surface area contributed by atoms with Crippen LogP contribution in [0, 0.1) is 36.5 Å². The van der Waals surface area contributed by atoms with E-state index in [4.69, 9.17) is 18.9 Å². The lowest BCUT2D eigenvalue weighted by Crippen LogP contribution is -2.50. The number of ether oxygens (including phenoxy) is 4. The molecule has 4 bridgehead atoms. The summed E-state index contributed by atoms with van der Waals surface area (Å²) in [4.78, 5) is 53.0. The zero-order chi connectivity index (χ0) is 40.5. The van der Waals surface area contributed by atoms with Crippen LogP contribution in [0.2, 0.25) is 0 Å². The van der Waals surface area contributed by atoms with E-state index in [9.17, 15) is 44.7 Å². The van der Waals surface area contributed by atoms with Gasteiger partial charge in [-0.2, -0.15) is 0 Å². The number of fused-ring (bicyclic) bond motifs is 14. The minimum absolute atomic E-state index is 0.00611. The third kappa shape index (κ3) is 7.88. The first kappa shape index (κ1) is 42.0. The first-order valence-corrected chi connectivity index (χ1v) is 17.8. The van der Waals surface area contributed by atoms with Gasteiger partial charge in [0, 0.05) is 52.9 Å². The number of carbonyl (C=O) groups excluding carboxylic acids is 4. The Labute approximate surface area is 314 Å². The van der Waals surface area contributed by atoms with Crippen molar-refractivity contribution in [1.29, 1.82) is 0 Å². The second-order valence-electron chi connectivity index (χ2n) is 14.4. The summed E-state index contributed by atoms with van der Waals surface area (Å²) < 4.78 is 22.5. The minimum atomic E-state index is -1.62. The van der Waals surface area contributed by atoms with Gasteiger partial charge in [0.2, 0.25) is 6.79 Å². The molecule has 0 aromatic heterocycles. The van der Waals surface area contributed by atoms with Crippen LogP contribution in [0.25, 0.3) is 5.57 Å². The Kier molecular flexibility index (Phi) is 13.0. The maximum Gasteiger partial charge on any atom is 0.313 e. The van der Waals surface area contributed by atoms with Crippen LogP contribution < -0.4 is 10.1 Å². The SMILES string of the molecule is COC(=O)[C@H]1[C@H](O)[C@H](C)[C@@H](O)[C@@H](C)/C=C(\C)C2=C3C(=C(C)C(=O)c4c(O)c(c(C)c(OC(C)=O)c43)NC(=O)/C(C)=C/C=C\[C@@H](C)C(O)[C@@H](C)[C@H]1O)OCO2. The van der Waals surface area contributed by atoms with Gasteiger partial charge in [0.05, 0.1) is 48.3 Å². The molecule has 1 aromatic rings. The Bertz CT molecular complexity index is 1870. The molecule has 1 unspecified atom stereocenters. The van der Waals surface area contributed by atoms with Gasteiger partial charge < -0.3 is 49.8 Å². The number of amides is 1. The van der Waals surface area contributed by atoms with Gasteiger partial charge in [0.15, 0.2) is 11.5 Å². The fraction of sp³-hybridized carbons (Fsp3) is 0.500. The highest BCUT2D eigenvalue weighted by atomic mass is 16.7. The Balaban J connectivity index is 2.03. The summed E-state index contributed by atoms with van der Waals surface area (Å²) in [7, 11) is 1.11. The van der Waals surface area contributed by atoms with Gasteiger partial charge in [-0.1, -0.05) is 52.0 Å². The lowest BCUT2D eigenvalue weighted by molar-refractivity contribution is -0.164. The number of aromatic hydroxyl groups is 1. The predicted molar refractivity (Wildman–Crippen MR) is 197 cm³/mol. The van der Waals surface area contributed by atoms with Crippen molar-refractivity contribution >= 4 is 34.9 Å². The number of nitrogens with one attached hydrogen (secondary N) is 1. The molecule has 6 N–H and O–H groups in total. The van der Waals surface area contributed by atoms with E-state index in [1.54, 1.807) is 32.9 Å². The molecule has 4 aliphatic rings. The van der Waals surface area contributed by atoms with E-state index >= 15 is 0 Å². The summed E-state index contributed by atoms with van der Waals surface area (Å²) >= 11 is 0. The van der Waals surface area contributed by atoms with Crippen molar-refractivity contribution in [3.63, 3.8) is 0 Å². The van der Waals surface area contributed by atoms with Gasteiger partial charge in [0.25, 0.3) is 5.91 Å². The highest BCUT2D eigenvalue weighted by Gasteiger charge is 2.45. The van der Waals surface area contributed by atoms with Crippen LogP contribution in [0.15, 0.2) is 52.5 Å². The Morgan fingerprint density at radius 3 is 1.98 bits per heavy atom. The molecule has 3 heterocycles. The lowest BCUT2D eigenvalue weighted by atomic mass is 9.76. The molecule has 0 saturated heterocycles. The monoisotopic (exact) mass is 753 g/mol.